The number of aromatic nitrogens is 1. The molecule has 0 bridgehead atoms. The molecule has 4 aromatic rings. The molecule has 2 aliphatic rings. The molecule has 2 heterocycles. The molecule has 39 heavy (non-hydrogen) atoms. The normalized spacial score (nSPS) is 21.6. The Morgan fingerprint density at radius 3 is 2.56 bits per heavy atom. The third kappa shape index (κ3) is 5.03. The number of carbonyl (C=O) groups is 1. The third-order valence-electron chi connectivity index (χ3n) is 7.80. The zero-order valence-electron chi connectivity index (χ0n) is 22.0. The van der Waals surface area contributed by atoms with Gasteiger partial charge in [0.1, 0.15) is 0 Å². The zero-order valence-corrected chi connectivity index (χ0v) is 22.8. The molecule has 6 rings (SSSR count). The number of hydrogen-bond donors (Lipinski definition) is 0. The minimum absolute atomic E-state index is 0.0417. The minimum Gasteiger partial charge on any atom is -0.342 e. The lowest BCUT2D eigenvalue weighted by Gasteiger charge is -2.35. The number of carbonyl (C=O) groups excluding carboxylic acids is 1. The number of rotatable bonds is 5. The van der Waals surface area contributed by atoms with Gasteiger partial charge in [0, 0.05) is 35.2 Å². The van der Waals surface area contributed by atoms with E-state index in [0.717, 1.165) is 52.1 Å². The first-order chi connectivity index (χ1) is 19.1. The van der Waals surface area contributed by atoms with E-state index in [9.17, 15) is 10.1 Å². The summed E-state index contributed by atoms with van der Waals surface area (Å²) < 4.78 is 2.17. The molecule has 0 N–H and O–H groups in total. The van der Waals surface area contributed by atoms with Gasteiger partial charge >= 0.3 is 0 Å². The number of amidine groups is 1. The van der Waals surface area contributed by atoms with Gasteiger partial charge in [0.25, 0.3) is 5.91 Å². The van der Waals surface area contributed by atoms with E-state index in [1.165, 1.54) is 18.2 Å². The fourth-order valence-electron chi connectivity index (χ4n) is 5.76. The molecule has 1 aromatic heterocycles. The van der Waals surface area contributed by atoms with Gasteiger partial charge in [0.2, 0.25) is 0 Å². The summed E-state index contributed by atoms with van der Waals surface area (Å²) in [7, 11) is 0. The standard InChI is InChI=1S/C33H30N4OS/c1-23-11-5-9-17-29(23)37-32(38)31(39-33(37)35-27-14-3-2-4-15-27)19-26-22-36(30-18-10-8-16-28(26)30)21-25-13-7-6-12-24(25)20-34/h2-4,6-8,10,12-16,18-19,22-23,29H,5,9,11,17,21H2,1H3/b31-19-,35-33?/t23-,29-/m1/s1. The Morgan fingerprint density at radius 2 is 1.74 bits per heavy atom. The topological polar surface area (TPSA) is 61.4 Å². The first-order valence-corrected chi connectivity index (χ1v) is 14.4. The summed E-state index contributed by atoms with van der Waals surface area (Å²) in [5, 5.41) is 11.4. The summed E-state index contributed by atoms with van der Waals surface area (Å²) in [6.45, 7) is 2.84. The summed E-state index contributed by atoms with van der Waals surface area (Å²) in [6, 6.07) is 28.3. The number of amides is 1. The second-order valence-corrected chi connectivity index (χ2v) is 11.4. The van der Waals surface area contributed by atoms with Crippen LogP contribution < -0.4 is 0 Å². The van der Waals surface area contributed by atoms with Crippen LogP contribution in [0.4, 0.5) is 5.69 Å². The van der Waals surface area contributed by atoms with E-state index in [4.69, 9.17) is 4.99 Å². The number of hydrogen-bond acceptors (Lipinski definition) is 4. The van der Waals surface area contributed by atoms with Crippen molar-refractivity contribution in [1.82, 2.24) is 9.47 Å². The van der Waals surface area contributed by atoms with E-state index in [1.807, 2.05) is 77.7 Å². The second-order valence-electron chi connectivity index (χ2n) is 10.3. The molecule has 1 saturated carbocycles. The highest BCUT2D eigenvalue weighted by molar-refractivity contribution is 8.18. The molecule has 1 aliphatic carbocycles. The van der Waals surface area contributed by atoms with Crippen LogP contribution in [-0.4, -0.2) is 26.6 Å². The highest BCUT2D eigenvalue weighted by Gasteiger charge is 2.41. The summed E-state index contributed by atoms with van der Waals surface area (Å²) in [4.78, 5) is 21.6. The number of fused-ring (bicyclic) bond motifs is 1. The Labute approximate surface area is 233 Å². The maximum Gasteiger partial charge on any atom is 0.267 e. The molecule has 6 heteroatoms. The smallest absolute Gasteiger partial charge is 0.267 e. The van der Waals surface area contributed by atoms with Gasteiger partial charge in [0.15, 0.2) is 5.17 Å². The number of nitriles is 1. The molecule has 1 amide bonds. The number of para-hydroxylation sites is 2. The Bertz CT molecular complexity index is 1630. The molecule has 0 radical (unpaired) electrons. The Kier molecular flexibility index (Phi) is 7.08. The fourth-order valence-corrected chi connectivity index (χ4v) is 6.80. The van der Waals surface area contributed by atoms with Gasteiger partial charge in [-0.2, -0.15) is 5.26 Å². The van der Waals surface area contributed by atoms with E-state index < -0.39 is 0 Å². The van der Waals surface area contributed by atoms with E-state index in [0.29, 0.717) is 22.9 Å². The molecular formula is C33H30N4OS. The Morgan fingerprint density at radius 1 is 1.00 bits per heavy atom. The Balaban J connectivity index is 1.40. The van der Waals surface area contributed by atoms with E-state index in [2.05, 4.69) is 35.9 Å². The molecule has 2 fully saturated rings. The van der Waals surface area contributed by atoms with E-state index >= 15 is 0 Å². The molecule has 194 valence electrons. The van der Waals surface area contributed by atoms with Crippen molar-refractivity contribution >= 4 is 45.5 Å². The molecule has 0 unspecified atom stereocenters. The fraction of sp³-hybridized carbons (Fsp3) is 0.242. The van der Waals surface area contributed by atoms with Crippen molar-refractivity contribution in [1.29, 1.82) is 5.26 Å². The monoisotopic (exact) mass is 530 g/mol. The van der Waals surface area contributed by atoms with Gasteiger partial charge in [-0.05, 0) is 66.4 Å². The largest absolute Gasteiger partial charge is 0.342 e. The molecule has 0 spiro atoms. The predicted octanol–water partition coefficient (Wildman–Crippen LogP) is 7.74. The van der Waals surface area contributed by atoms with Crippen LogP contribution >= 0.6 is 11.8 Å². The van der Waals surface area contributed by atoms with Crippen LogP contribution in [0, 0.1) is 17.2 Å². The van der Waals surface area contributed by atoms with Crippen LogP contribution in [0.1, 0.15) is 49.3 Å². The van der Waals surface area contributed by atoms with Crippen LogP contribution in [0.5, 0.6) is 0 Å². The van der Waals surface area contributed by atoms with Crippen LogP contribution in [-0.2, 0) is 11.3 Å². The molecule has 2 atom stereocenters. The average molecular weight is 531 g/mol. The highest BCUT2D eigenvalue weighted by Crippen LogP contribution is 2.40. The summed E-state index contributed by atoms with van der Waals surface area (Å²) in [5.74, 6) is 0.478. The summed E-state index contributed by atoms with van der Waals surface area (Å²) in [5.41, 5.74) is 4.57. The lowest BCUT2D eigenvalue weighted by atomic mass is 9.85. The van der Waals surface area contributed by atoms with Crippen LogP contribution in [0.15, 0.2) is 95.0 Å². The van der Waals surface area contributed by atoms with Crippen LogP contribution in [0.3, 0.4) is 0 Å². The zero-order chi connectivity index (χ0) is 26.8. The van der Waals surface area contributed by atoms with Crippen molar-refractivity contribution in [2.45, 2.75) is 45.2 Å². The predicted molar refractivity (Wildman–Crippen MR) is 160 cm³/mol. The molecule has 1 saturated heterocycles. The molecule has 5 nitrogen and oxygen atoms in total. The maximum atomic E-state index is 14.0. The van der Waals surface area contributed by atoms with Crippen molar-refractivity contribution in [3.63, 3.8) is 0 Å². The average Bonchev–Trinajstić information content (AvgIpc) is 3.46. The number of nitrogens with zero attached hydrogens (tertiary/aromatic N) is 4. The molecule has 3 aromatic carbocycles. The van der Waals surface area contributed by atoms with Gasteiger partial charge in [-0.3, -0.25) is 9.69 Å². The Hall–Kier alpha value is -4.08. The third-order valence-corrected chi connectivity index (χ3v) is 8.78. The minimum atomic E-state index is 0.0417. The second kappa shape index (κ2) is 11.0. The number of thioether (sulfide) groups is 1. The van der Waals surface area contributed by atoms with Gasteiger partial charge in [-0.25, -0.2) is 4.99 Å². The summed E-state index contributed by atoms with van der Waals surface area (Å²) in [6.07, 6.45) is 8.62. The van der Waals surface area contributed by atoms with Crippen molar-refractivity contribution in [3.8, 4) is 6.07 Å². The van der Waals surface area contributed by atoms with Crippen molar-refractivity contribution < 1.29 is 4.79 Å². The highest BCUT2D eigenvalue weighted by atomic mass is 32.2. The number of benzene rings is 3. The van der Waals surface area contributed by atoms with Gasteiger partial charge in [-0.15, -0.1) is 0 Å². The quantitative estimate of drug-likeness (QED) is 0.248. The SMILES string of the molecule is C[C@@H]1CCCC[C@H]1N1C(=O)/C(=C/c2cn(Cc3ccccc3C#N)c3ccccc23)SC1=Nc1ccccc1. The first kappa shape index (κ1) is 25.2. The van der Waals surface area contributed by atoms with Crippen LogP contribution in [0.25, 0.3) is 17.0 Å². The van der Waals surface area contributed by atoms with E-state index in [1.54, 1.807) is 0 Å². The van der Waals surface area contributed by atoms with Crippen molar-refractivity contribution in [2.24, 2.45) is 10.9 Å². The molecular weight excluding hydrogens is 500 g/mol. The number of aliphatic imine (C=N–C) groups is 1. The van der Waals surface area contributed by atoms with Gasteiger partial charge in [-0.1, -0.05) is 74.4 Å². The van der Waals surface area contributed by atoms with Crippen molar-refractivity contribution in [2.75, 3.05) is 0 Å². The summed E-state index contributed by atoms with van der Waals surface area (Å²) >= 11 is 1.48. The maximum absolute atomic E-state index is 14.0. The van der Waals surface area contributed by atoms with Crippen molar-refractivity contribution in [3.05, 3.63) is 107 Å². The van der Waals surface area contributed by atoms with Gasteiger partial charge < -0.3 is 4.57 Å². The lowest BCUT2D eigenvalue weighted by Crippen LogP contribution is -2.44. The van der Waals surface area contributed by atoms with Crippen LogP contribution in [0.2, 0.25) is 0 Å². The van der Waals surface area contributed by atoms with Gasteiger partial charge in [0.05, 0.1) is 22.2 Å². The first-order valence-electron chi connectivity index (χ1n) is 13.5. The van der Waals surface area contributed by atoms with E-state index in [-0.39, 0.29) is 11.9 Å². The lowest BCUT2D eigenvalue weighted by molar-refractivity contribution is -0.124. The molecule has 1 aliphatic heterocycles.